The monoisotopic (exact) mass is 373 g/mol. The number of hydrogen-bond donors (Lipinski definition) is 1. The highest BCUT2D eigenvalue weighted by Crippen LogP contribution is 2.25. The first-order valence-corrected chi connectivity index (χ1v) is 9.68. The van der Waals surface area contributed by atoms with Crippen LogP contribution in [-0.4, -0.2) is 24.6 Å². The largest absolute Gasteiger partial charge is 0.396 e. The molecule has 0 atom stereocenters. The molecule has 0 unspecified atom stereocenters. The van der Waals surface area contributed by atoms with E-state index < -0.39 is 0 Å². The van der Waals surface area contributed by atoms with Crippen molar-refractivity contribution in [1.82, 2.24) is 0 Å². The number of anilines is 1. The van der Waals surface area contributed by atoms with Crippen molar-refractivity contribution in [2.45, 2.75) is 46.5 Å². The molecule has 5 heteroatoms. The van der Waals surface area contributed by atoms with Crippen molar-refractivity contribution in [1.29, 1.82) is 0 Å². The molecule has 0 radical (unpaired) electrons. The zero-order chi connectivity index (χ0) is 19.1. The summed E-state index contributed by atoms with van der Waals surface area (Å²) in [6.07, 6.45) is 6.43. The predicted molar refractivity (Wildman–Crippen MR) is 111 cm³/mol. The van der Waals surface area contributed by atoms with E-state index in [1.54, 1.807) is 13.0 Å². The van der Waals surface area contributed by atoms with E-state index in [2.05, 4.69) is 35.9 Å². The standard InChI is InChI=1S/C21H28ClN3O/c1-4-6-12-25(13-7-5-2)17-10-8-16(9-11-17)24-18-14-15(3)21(26)19(22)20(18)23/h8-11,14H,4-7,12-13,23H2,1-3H3. The van der Waals surface area contributed by atoms with Crippen molar-refractivity contribution in [2.75, 3.05) is 18.0 Å². The van der Waals surface area contributed by atoms with Crippen molar-refractivity contribution < 1.29 is 4.79 Å². The number of aliphatic imine (C=N–C) groups is 1. The van der Waals surface area contributed by atoms with Gasteiger partial charge in [0, 0.05) is 24.4 Å². The highest BCUT2D eigenvalue weighted by atomic mass is 35.5. The number of unbranched alkanes of at least 4 members (excludes halogenated alkanes) is 2. The van der Waals surface area contributed by atoms with Crippen LogP contribution in [0.25, 0.3) is 0 Å². The lowest BCUT2D eigenvalue weighted by molar-refractivity contribution is -0.111. The Morgan fingerprint density at radius 1 is 1.08 bits per heavy atom. The van der Waals surface area contributed by atoms with Gasteiger partial charge in [0.05, 0.1) is 17.1 Å². The number of carbonyl (C=O) groups excluding carboxylic acids is 1. The van der Waals surface area contributed by atoms with Crippen LogP contribution in [-0.2, 0) is 4.79 Å². The van der Waals surface area contributed by atoms with Crippen LogP contribution in [0.2, 0.25) is 0 Å². The Balaban J connectivity index is 2.21. The van der Waals surface area contributed by atoms with Crippen molar-refractivity contribution in [2.24, 2.45) is 10.7 Å². The van der Waals surface area contributed by atoms with E-state index in [0.29, 0.717) is 11.3 Å². The number of Topliss-reactive ketones (excluding diaryl/α,β-unsaturated/α-hetero) is 1. The lowest BCUT2D eigenvalue weighted by atomic mass is 10.0. The van der Waals surface area contributed by atoms with Crippen LogP contribution in [0.4, 0.5) is 11.4 Å². The molecule has 0 saturated heterocycles. The Bertz CT molecular complexity index is 724. The van der Waals surface area contributed by atoms with Gasteiger partial charge in [0.2, 0.25) is 5.78 Å². The maximum absolute atomic E-state index is 11.8. The fourth-order valence-corrected chi connectivity index (χ4v) is 3.04. The molecule has 0 spiro atoms. The maximum Gasteiger partial charge on any atom is 0.202 e. The molecule has 0 fully saturated rings. The SMILES string of the molecule is CCCCN(CCCC)c1ccc(N=C2C=C(C)C(=O)C(Cl)=C2N)cc1. The smallest absolute Gasteiger partial charge is 0.202 e. The van der Waals surface area contributed by atoms with E-state index in [1.807, 2.05) is 12.1 Å². The van der Waals surface area contributed by atoms with Gasteiger partial charge in [-0.15, -0.1) is 0 Å². The van der Waals surface area contributed by atoms with Gasteiger partial charge in [-0.2, -0.15) is 0 Å². The van der Waals surface area contributed by atoms with Crippen LogP contribution >= 0.6 is 11.6 Å². The molecule has 1 aliphatic carbocycles. The summed E-state index contributed by atoms with van der Waals surface area (Å²) in [5.41, 5.74) is 9.27. The first-order chi connectivity index (χ1) is 12.5. The predicted octanol–water partition coefficient (Wildman–Crippen LogP) is 5.10. The number of hydrogen-bond acceptors (Lipinski definition) is 4. The van der Waals surface area contributed by atoms with Crippen LogP contribution in [0.15, 0.2) is 51.6 Å². The average Bonchev–Trinajstić information content (AvgIpc) is 2.65. The van der Waals surface area contributed by atoms with Gasteiger partial charge in [0.25, 0.3) is 0 Å². The van der Waals surface area contributed by atoms with E-state index in [0.717, 1.165) is 18.8 Å². The van der Waals surface area contributed by atoms with Gasteiger partial charge in [0.15, 0.2) is 0 Å². The minimum atomic E-state index is -0.235. The summed E-state index contributed by atoms with van der Waals surface area (Å²) in [5.74, 6) is -0.235. The van der Waals surface area contributed by atoms with Crippen molar-refractivity contribution in [3.05, 3.63) is 46.6 Å². The number of rotatable bonds is 8. The maximum atomic E-state index is 11.8. The lowest BCUT2D eigenvalue weighted by Crippen LogP contribution is -2.25. The Hall–Kier alpha value is -2.07. The quantitative estimate of drug-likeness (QED) is 0.644. The molecule has 2 N–H and O–H groups in total. The van der Waals surface area contributed by atoms with Crippen molar-refractivity contribution in [3.63, 3.8) is 0 Å². The summed E-state index contributed by atoms with van der Waals surface area (Å²) in [6.45, 7) is 8.28. The number of nitrogens with two attached hydrogens (primary N) is 1. The second-order valence-corrected chi connectivity index (χ2v) is 6.97. The molecule has 0 aromatic heterocycles. The normalized spacial score (nSPS) is 16.2. The fraction of sp³-hybridized carbons (Fsp3) is 0.429. The molecular weight excluding hydrogens is 346 g/mol. The van der Waals surface area contributed by atoms with Crippen LogP contribution in [0, 0.1) is 0 Å². The highest BCUT2D eigenvalue weighted by molar-refractivity contribution is 6.49. The van der Waals surface area contributed by atoms with Crippen LogP contribution in [0.3, 0.4) is 0 Å². The fourth-order valence-electron chi connectivity index (χ4n) is 2.79. The number of benzene rings is 1. The number of ketones is 1. The van der Waals surface area contributed by atoms with Gasteiger partial charge in [-0.25, -0.2) is 4.99 Å². The molecule has 4 nitrogen and oxygen atoms in total. The van der Waals surface area contributed by atoms with Gasteiger partial charge in [-0.05, 0) is 50.1 Å². The third-order valence-corrected chi connectivity index (χ3v) is 4.83. The first-order valence-electron chi connectivity index (χ1n) is 9.30. The third-order valence-electron chi connectivity index (χ3n) is 4.45. The molecule has 1 aromatic carbocycles. The minimum Gasteiger partial charge on any atom is -0.396 e. The molecule has 0 heterocycles. The second-order valence-electron chi connectivity index (χ2n) is 6.59. The minimum absolute atomic E-state index is 0.0469. The highest BCUT2D eigenvalue weighted by Gasteiger charge is 2.21. The molecule has 140 valence electrons. The summed E-state index contributed by atoms with van der Waals surface area (Å²) in [5, 5.41) is 0.0469. The molecule has 1 aromatic rings. The molecule has 0 aliphatic heterocycles. The van der Waals surface area contributed by atoms with E-state index >= 15 is 0 Å². The van der Waals surface area contributed by atoms with E-state index in [9.17, 15) is 4.79 Å². The zero-order valence-electron chi connectivity index (χ0n) is 15.9. The molecule has 2 rings (SSSR count). The first kappa shape index (κ1) is 20.2. The molecule has 26 heavy (non-hydrogen) atoms. The molecule has 0 saturated carbocycles. The Kier molecular flexibility index (Phi) is 7.46. The zero-order valence-corrected chi connectivity index (χ0v) is 16.6. The lowest BCUT2D eigenvalue weighted by Gasteiger charge is -2.24. The summed E-state index contributed by atoms with van der Waals surface area (Å²) in [7, 11) is 0. The van der Waals surface area contributed by atoms with Crippen LogP contribution in [0.5, 0.6) is 0 Å². The van der Waals surface area contributed by atoms with Crippen LogP contribution < -0.4 is 10.6 Å². The van der Waals surface area contributed by atoms with Gasteiger partial charge in [-0.3, -0.25) is 4.79 Å². The van der Waals surface area contributed by atoms with Gasteiger partial charge in [0.1, 0.15) is 5.03 Å². The van der Waals surface area contributed by atoms with Gasteiger partial charge >= 0.3 is 0 Å². The summed E-state index contributed by atoms with van der Waals surface area (Å²) in [6, 6.07) is 8.15. The topological polar surface area (TPSA) is 58.7 Å². The van der Waals surface area contributed by atoms with E-state index in [1.165, 1.54) is 31.4 Å². The molecule has 0 amide bonds. The number of nitrogens with zero attached hydrogens (tertiary/aromatic N) is 2. The molecular formula is C21H28ClN3O. The second kappa shape index (κ2) is 9.58. The average molecular weight is 374 g/mol. The Morgan fingerprint density at radius 2 is 1.65 bits per heavy atom. The van der Waals surface area contributed by atoms with Gasteiger partial charge in [-0.1, -0.05) is 38.3 Å². The Labute approximate surface area is 161 Å². The third kappa shape index (κ3) is 4.98. The van der Waals surface area contributed by atoms with Crippen LogP contribution in [0.1, 0.15) is 46.5 Å². The van der Waals surface area contributed by atoms with Gasteiger partial charge < -0.3 is 10.6 Å². The Morgan fingerprint density at radius 3 is 2.19 bits per heavy atom. The number of halogens is 1. The van der Waals surface area contributed by atoms with E-state index in [4.69, 9.17) is 17.3 Å². The molecule has 1 aliphatic rings. The summed E-state index contributed by atoms with van der Waals surface area (Å²) < 4.78 is 0. The molecule has 0 bridgehead atoms. The van der Waals surface area contributed by atoms with Crippen molar-refractivity contribution in [3.8, 4) is 0 Å². The number of allylic oxidation sites excluding steroid dienone is 3. The number of carbonyl (C=O) groups is 1. The summed E-state index contributed by atoms with van der Waals surface area (Å²) in [4.78, 5) is 18.8. The van der Waals surface area contributed by atoms with Crippen molar-refractivity contribution >= 4 is 34.5 Å². The summed E-state index contributed by atoms with van der Waals surface area (Å²) >= 11 is 6.01. The van der Waals surface area contributed by atoms with E-state index in [-0.39, 0.29) is 16.5 Å².